The molecule has 3 rings (SSSR count). The van der Waals surface area contributed by atoms with Gasteiger partial charge in [0.05, 0.1) is 16.5 Å². The Balaban J connectivity index is 1.82. The number of amides is 1. The first-order valence-electron chi connectivity index (χ1n) is 9.43. The highest BCUT2D eigenvalue weighted by Crippen LogP contribution is 2.28. The number of likely N-dealkylation sites (tertiary alicyclic amines) is 1. The molecule has 1 aliphatic rings. The van der Waals surface area contributed by atoms with Gasteiger partial charge in [-0.25, -0.2) is 4.98 Å². The second-order valence-electron chi connectivity index (χ2n) is 7.24. The lowest BCUT2D eigenvalue weighted by molar-refractivity contribution is -0.385. The van der Waals surface area contributed by atoms with Gasteiger partial charge in [-0.05, 0) is 37.4 Å². The highest BCUT2D eigenvalue weighted by molar-refractivity contribution is 5.98. The number of pyridine rings is 1. The van der Waals surface area contributed by atoms with Gasteiger partial charge in [-0.3, -0.25) is 19.8 Å². The molecule has 1 aromatic heterocycles. The third-order valence-electron chi connectivity index (χ3n) is 5.26. The molecule has 1 amide bonds. The highest BCUT2D eigenvalue weighted by Gasteiger charge is 2.25. The summed E-state index contributed by atoms with van der Waals surface area (Å²) in [6.07, 6.45) is 3.42. The Morgan fingerprint density at radius 2 is 2.04 bits per heavy atom. The summed E-state index contributed by atoms with van der Waals surface area (Å²) in [7, 11) is 0. The van der Waals surface area contributed by atoms with Crippen molar-refractivity contribution in [3.8, 4) is 0 Å². The molecule has 1 atom stereocenters. The molecule has 0 bridgehead atoms. The molecule has 1 saturated heterocycles. The number of aromatic nitrogens is 1. The van der Waals surface area contributed by atoms with Crippen molar-refractivity contribution in [1.82, 2.24) is 9.88 Å². The lowest BCUT2D eigenvalue weighted by atomic mass is 9.95. The fourth-order valence-electron chi connectivity index (χ4n) is 3.55. The molecule has 1 aliphatic heterocycles. The van der Waals surface area contributed by atoms with Gasteiger partial charge in [-0.15, -0.1) is 0 Å². The van der Waals surface area contributed by atoms with Crippen LogP contribution in [0, 0.1) is 16.0 Å². The molecule has 3 N–H and O–H groups in total. The number of carbonyl (C=O) groups is 1. The lowest BCUT2D eigenvalue weighted by Crippen LogP contribution is -2.39. The van der Waals surface area contributed by atoms with Crippen LogP contribution in [0.3, 0.4) is 0 Å². The molecule has 2 aromatic rings. The number of nitrogens with one attached hydrogen (secondary N) is 1. The molecule has 148 valence electrons. The van der Waals surface area contributed by atoms with Gasteiger partial charge in [-0.2, -0.15) is 0 Å². The normalized spacial score (nSPS) is 16.5. The van der Waals surface area contributed by atoms with Crippen LogP contribution in [-0.2, 0) is 0 Å². The molecule has 0 radical (unpaired) electrons. The van der Waals surface area contributed by atoms with Crippen LogP contribution >= 0.6 is 0 Å². The van der Waals surface area contributed by atoms with E-state index in [9.17, 15) is 14.9 Å². The van der Waals surface area contributed by atoms with E-state index in [0.29, 0.717) is 6.54 Å². The monoisotopic (exact) mass is 383 g/mol. The van der Waals surface area contributed by atoms with E-state index < -0.39 is 10.8 Å². The first kappa shape index (κ1) is 19.8. The summed E-state index contributed by atoms with van der Waals surface area (Å²) < 4.78 is 0. The standard InChI is InChI=1S/C20H25N5O3/c1-14-7-9-24(10-8-14)18(15-5-3-2-4-6-15)13-23-20-17(19(21)26)11-16(12-22-20)25(27)28/h2-6,11-12,14,18H,7-10,13H2,1H3,(H2,21,26)(H,22,23). The Bertz CT molecular complexity index is 835. The molecule has 0 spiro atoms. The van der Waals surface area contributed by atoms with Gasteiger partial charge < -0.3 is 11.1 Å². The van der Waals surface area contributed by atoms with E-state index >= 15 is 0 Å². The first-order chi connectivity index (χ1) is 13.5. The van der Waals surface area contributed by atoms with Crippen LogP contribution in [0.15, 0.2) is 42.6 Å². The topological polar surface area (TPSA) is 114 Å². The average molecular weight is 383 g/mol. The van der Waals surface area contributed by atoms with Gasteiger partial charge in [0.2, 0.25) is 0 Å². The fourth-order valence-corrected chi connectivity index (χ4v) is 3.55. The Kier molecular flexibility index (Phi) is 6.20. The zero-order valence-electron chi connectivity index (χ0n) is 15.9. The fraction of sp³-hybridized carbons (Fsp3) is 0.400. The minimum absolute atomic E-state index is 0.0216. The number of nitrogens with two attached hydrogens (primary N) is 1. The number of carbonyl (C=O) groups excluding carboxylic acids is 1. The second kappa shape index (κ2) is 8.79. The molecule has 1 unspecified atom stereocenters. The third kappa shape index (κ3) is 4.64. The highest BCUT2D eigenvalue weighted by atomic mass is 16.6. The van der Waals surface area contributed by atoms with Crippen molar-refractivity contribution in [2.75, 3.05) is 25.0 Å². The predicted molar refractivity (Wildman–Crippen MR) is 107 cm³/mol. The van der Waals surface area contributed by atoms with E-state index in [1.54, 1.807) is 0 Å². The van der Waals surface area contributed by atoms with E-state index in [1.165, 1.54) is 5.56 Å². The van der Waals surface area contributed by atoms with Gasteiger partial charge >= 0.3 is 0 Å². The Morgan fingerprint density at radius 1 is 1.36 bits per heavy atom. The number of piperidine rings is 1. The Hall–Kier alpha value is -3.00. The summed E-state index contributed by atoms with van der Waals surface area (Å²) in [6.45, 7) is 4.79. The summed E-state index contributed by atoms with van der Waals surface area (Å²) in [6, 6.07) is 11.4. The lowest BCUT2D eigenvalue weighted by Gasteiger charge is -2.37. The number of anilines is 1. The Labute approximate surface area is 163 Å². The zero-order valence-corrected chi connectivity index (χ0v) is 15.9. The number of nitro groups is 1. The van der Waals surface area contributed by atoms with E-state index in [-0.39, 0.29) is 23.1 Å². The van der Waals surface area contributed by atoms with Crippen molar-refractivity contribution in [3.05, 3.63) is 63.8 Å². The minimum Gasteiger partial charge on any atom is -0.367 e. The van der Waals surface area contributed by atoms with Gasteiger partial charge in [0, 0.05) is 12.6 Å². The van der Waals surface area contributed by atoms with Gasteiger partial charge in [-0.1, -0.05) is 37.3 Å². The summed E-state index contributed by atoms with van der Waals surface area (Å²) in [5.41, 5.74) is 6.34. The van der Waals surface area contributed by atoms with Crippen LogP contribution in [0.2, 0.25) is 0 Å². The van der Waals surface area contributed by atoms with E-state index in [0.717, 1.165) is 44.1 Å². The van der Waals surface area contributed by atoms with Crippen molar-refractivity contribution < 1.29 is 9.72 Å². The first-order valence-corrected chi connectivity index (χ1v) is 9.43. The number of primary amides is 1. The maximum atomic E-state index is 11.8. The molecule has 8 nitrogen and oxygen atoms in total. The Morgan fingerprint density at radius 3 is 2.64 bits per heavy atom. The number of rotatable bonds is 7. The van der Waals surface area contributed by atoms with Crippen LogP contribution in [-0.4, -0.2) is 40.3 Å². The summed E-state index contributed by atoms with van der Waals surface area (Å²) >= 11 is 0. The van der Waals surface area contributed by atoms with Crippen LogP contribution in [0.4, 0.5) is 11.5 Å². The van der Waals surface area contributed by atoms with Crippen molar-refractivity contribution >= 4 is 17.4 Å². The maximum Gasteiger partial charge on any atom is 0.288 e. The number of hydrogen-bond acceptors (Lipinski definition) is 6. The molecule has 28 heavy (non-hydrogen) atoms. The minimum atomic E-state index is -0.748. The zero-order chi connectivity index (χ0) is 20.1. The van der Waals surface area contributed by atoms with Crippen LogP contribution in [0.1, 0.15) is 41.7 Å². The summed E-state index contributed by atoms with van der Waals surface area (Å²) in [5.74, 6) is 0.240. The molecule has 0 saturated carbocycles. The van der Waals surface area contributed by atoms with E-state index in [2.05, 4.69) is 34.3 Å². The molecular formula is C20H25N5O3. The average Bonchev–Trinajstić information content (AvgIpc) is 2.70. The van der Waals surface area contributed by atoms with Crippen molar-refractivity contribution in [3.63, 3.8) is 0 Å². The molecule has 2 heterocycles. The molecule has 1 aromatic carbocycles. The largest absolute Gasteiger partial charge is 0.367 e. The molecular weight excluding hydrogens is 358 g/mol. The smallest absolute Gasteiger partial charge is 0.288 e. The van der Waals surface area contributed by atoms with Crippen LogP contribution in [0.25, 0.3) is 0 Å². The number of benzene rings is 1. The van der Waals surface area contributed by atoms with Crippen LogP contribution < -0.4 is 11.1 Å². The van der Waals surface area contributed by atoms with Gasteiger partial charge in [0.25, 0.3) is 11.6 Å². The number of hydrogen-bond donors (Lipinski definition) is 2. The maximum absolute atomic E-state index is 11.8. The number of nitrogens with zero attached hydrogens (tertiary/aromatic N) is 3. The SMILES string of the molecule is CC1CCN(C(CNc2ncc([N+](=O)[O-])cc2C(N)=O)c2ccccc2)CC1. The van der Waals surface area contributed by atoms with E-state index in [4.69, 9.17) is 5.73 Å². The summed E-state index contributed by atoms with van der Waals surface area (Å²) in [4.78, 5) is 28.6. The predicted octanol–water partition coefficient (Wildman–Crippen LogP) is 2.97. The molecule has 0 aliphatic carbocycles. The second-order valence-corrected chi connectivity index (χ2v) is 7.24. The van der Waals surface area contributed by atoms with Gasteiger partial charge in [0.1, 0.15) is 12.0 Å². The molecule has 8 heteroatoms. The van der Waals surface area contributed by atoms with Crippen LogP contribution in [0.5, 0.6) is 0 Å². The van der Waals surface area contributed by atoms with Crippen molar-refractivity contribution in [2.45, 2.75) is 25.8 Å². The van der Waals surface area contributed by atoms with Crippen molar-refractivity contribution in [1.29, 1.82) is 0 Å². The van der Waals surface area contributed by atoms with E-state index in [1.807, 2.05) is 18.2 Å². The summed E-state index contributed by atoms with van der Waals surface area (Å²) in [5, 5.41) is 14.1. The van der Waals surface area contributed by atoms with Gasteiger partial charge in [0.15, 0.2) is 0 Å². The third-order valence-corrected chi connectivity index (χ3v) is 5.26. The van der Waals surface area contributed by atoms with Crippen molar-refractivity contribution in [2.24, 2.45) is 11.7 Å². The molecule has 1 fully saturated rings. The quantitative estimate of drug-likeness (QED) is 0.561.